The van der Waals surface area contributed by atoms with Crippen LogP contribution in [0.1, 0.15) is 25.7 Å². The first-order chi connectivity index (χ1) is 8.69. The molecule has 4 heteroatoms. The number of benzene rings is 1. The number of halogens is 1. The normalized spacial score (nSPS) is 23.7. The summed E-state index contributed by atoms with van der Waals surface area (Å²) >= 11 is 3.37. The molecule has 0 aliphatic heterocycles. The van der Waals surface area contributed by atoms with Gasteiger partial charge in [0.15, 0.2) is 0 Å². The van der Waals surface area contributed by atoms with Gasteiger partial charge in [0, 0.05) is 22.7 Å². The Kier molecular flexibility index (Phi) is 4.78. The molecule has 0 aromatic heterocycles. The van der Waals surface area contributed by atoms with Crippen molar-refractivity contribution in [2.24, 2.45) is 11.8 Å². The fraction of sp³-hybridized carbons (Fsp3) is 0.500. The van der Waals surface area contributed by atoms with Crippen LogP contribution in [0.25, 0.3) is 0 Å². The zero-order valence-corrected chi connectivity index (χ0v) is 11.8. The smallest absolute Gasteiger partial charge is 0.227 e. The summed E-state index contributed by atoms with van der Waals surface area (Å²) in [5.74, 6) is 0.590. The number of nitrogens with one attached hydrogen (secondary N) is 1. The summed E-state index contributed by atoms with van der Waals surface area (Å²) in [5, 5.41) is 12.0. The van der Waals surface area contributed by atoms with Crippen LogP contribution in [0.15, 0.2) is 28.7 Å². The Balaban J connectivity index is 1.87. The molecule has 0 atom stereocenters. The minimum Gasteiger partial charge on any atom is -0.396 e. The zero-order valence-electron chi connectivity index (χ0n) is 10.2. The summed E-state index contributed by atoms with van der Waals surface area (Å²) in [6.07, 6.45) is 3.67. The second-order valence-electron chi connectivity index (χ2n) is 4.90. The van der Waals surface area contributed by atoms with Crippen LogP contribution in [0, 0.1) is 11.8 Å². The number of carbonyl (C=O) groups excluding carboxylic acids is 1. The summed E-state index contributed by atoms with van der Waals surface area (Å²) in [4.78, 5) is 12.1. The number of amides is 1. The summed E-state index contributed by atoms with van der Waals surface area (Å²) in [6, 6.07) is 7.61. The minimum absolute atomic E-state index is 0.0939. The van der Waals surface area contributed by atoms with E-state index in [-0.39, 0.29) is 18.4 Å². The minimum atomic E-state index is 0.0939. The van der Waals surface area contributed by atoms with Crippen LogP contribution in [0.4, 0.5) is 5.69 Å². The molecule has 0 heterocycles. The molecule has 3 nitrogen and oxygen atoms in total. The van der Waals surface area contributed by atoms with Gasteiger partial charge < -0.3 is 10.4 Å². The molecule has 1 fully saturated rings. The van der Waals surface area contributed by atoms with Crippen molar-refractivity contribution < 1.29 is 9.90 Å². The van der Waals surface area contributed by atoms with E-state index in [1.54, 1.807) is 0 Å². The van der Waals surface area contributed by atoms with Crippen LogP contribution < -0.4 is 5.32 Å². The van der Waals surface area contributed by atoms with E-state index >= 15 is 0 Å². The van der Waals surface area contributed by atoms with Gasteiger partial charge >= 0.3 is 0 Å². The fourth-order valence-corrected chi connectivity index (χ4v) is 2.65. The molecule has 1 aromatic rings. The molecule has 2 rings (SSSR count). The highest BCUT2D eigenvalue weighted by Crippen LogP contribution is 2.29. The number of hydrogen-bond donors (Lipinski definition) is 2. The summed E-state index contributed by atoms with van der Waals surface area (Å²) in [6.45, 7) is 0.251. The van der Waals surface area contributed by atoms with Crippen LogP contribution in [-0.2, 0) is 4.79 Å². The number of aliphatic hydroxyl groups is 1. The lowest BCUT2D eigenvalue weighted by atomic mass is 9.82. The molecule has 0 radical (unpaired) electrons. The van der Waals surface area contributed by atoms with Crippen LogP contribution in [-0.4, -0.2) is 17.6 Å². The van der Waals surface area contributed by atoms with Gasteiger partial charge in [0.2, 0.25) is 5.91 Å². The van der Waals surface area contributed by atoms with E-state index in [1.165, 1.54) is 0 Å². The van der Waals surface area contributed by atoms with E-state index in [0.717, 1.165) is 35.8 Å². The van der Waals surface area contributed by atoms with Gasteiger partial charge in [0.25, 0.3) is 0 Å². The zero-order chi connectivity index (χ0) is 13.0. The summed E-state index contributed by atoms with van der Waals surface area (Å²) < 4.78 is 1.00. The standard InChI is InChI=1S/C14H18BrNO2/c15-12-5-7-13(8-6-12)16-14(18)11-3-1-10(9-17)2-4-11/h5-8,10-11,17H,1-4,9H2,(H,16,18). The number of carbonyl (C=O) groups is 1. The first kappa shape index (κ1) is 13.6. The largest absolute Gasteiger partial charge is 0.396 e. The average Bonchev–Trinajstić information content (AvgIpc) is 2.41. The molecular formula is C14H18BrNO2. The molecule has 1 aromatic carbocycles. The van der Waals surface area contributed by atoms with E-state index in [4.69, 9.17) is 5.11 Å². The summed E-state index contributed by atoms with van der Waals surface area (Å²) in [7, 11) is 0. The van der Waals surface area contributed by atoms with Gasteiger partial charge in [-0.05, 0) is 55.9 Å². The van der Waals surface area contributed by atoms with Gasteiger partial charge in [-0.2, -0.15) is 0 Å². The molecule has 0 bridgehead atoms. The van der Waals surface area contributed by atoms with Crippen molar-refractivity contribution in [3.05, 3.63) is 28.7 Å². The molecule has 1 aliphatic rings. The Bertz CT molecular complexity index is 397. The van der Waals surface area contributed by atoms with E-state index in [0.29, 0.717) is 5.92 Å². The van der Waals surface area contributed by atoms with E-state index in [9.17, 15) is 4.79 Å². The highest BCUT2D eigenvalue weighted by Gasteiger charge is 2.25. The van der Waals surface area contributed by atoms with Crippen molar-refractivity contribution in [2.75, 3.05) is 11.9 Å². The molecule has 0 unspecified atom stereocenters. The van der Waals surface area contributed by atoms with Crippen molar-refractivity contribution in [1.82, 2.24) is 0 Å². The van der Waals surface area contributed by atoms with Crippen molar-refractivity contribution in [1.29, 1.82) is 0 Å². The van der Waals surface area contributed by atoms with Crippen molar-refractivity contribution in [3.63, 3.8) is 0 Å². The molecule has 2 N–H and O–H groups in total. The second-order valence-corrected chi connectivity index (χ2v) is 5.81. The number of aliphatic hydroxyl groups excluding tert-OH is 1. The lowest BCUT2D eigenvalue weighted by molar-refractivity contribution is -0.121. The third-order valence-electron chi connectivity index (χ3n) is 3.59. The number of anilines is 1. The quantitative estimate of drug-likeness (QED) is 0.900. The first-order valence-electron chi connectivity index (χ1n) is 6.36. The molecule has 0 saturated heterocycles. The Morgan fingerprint density at radius 1 is 1.22 bits per heavy atom. The SMILES string of the molecule is O=C(Nc1ccc(Br)cc1)C1CCC(CO)CC1. The van der Waals surface area contributed by atoms with Gasteiger partial charge in [-0.15, -0.1) is 0 Å². The predicted octanol–water partition coefficient (Wildman–Crippen LogP) is 3.19. The average molecular weight is 312 g/mol. The second kappa shape index (κ2) is 6.34. The van der Waals surface area contributed by atoms with Crippen molar-refractivity contribution >= 4 is 27.5 Å². The highest BCUT2D eigenvalue weighted by molar-refractivity contribution is 9.10. The monoisotopic (exact) mass is 311 g/mol. The maximum Gasteiger partial charge on any atom is 0.227 e. The van der Waals surface area contributed by atoms with Crippen LogP contribution >= 0.6 is 15.9 Å². The molecule has 98 valence electrons. The Hall–Kier alpha value is -0.870. The van der Waals surface area contributed by atoms with Crippen molar-refractivity contribution in [2.45, 2.75) is 25.7 Å². The Morgan fingerprint density at radius 3 is 2.39 bits per heavy atom. The molecule has 18 heavy (non-hydrogen) atoms. The molecule has 0 spiro atoms. The first-order valence-corrected chi connectivity index (χ1v) is 7.15. The highest BCUT2D eigenvalue weighted by atomic mass is 79.9. The van der Waals surface area contributed by atoms with Crippen LogP contribution in [0.3, 0.4) is 0 Å². The maximum atomic E-state index is 12.1. The van der Waals surface area contributed by atoms with E-state index < -0.39 is 0 Å². The van der Waals surface area contributed by atoms with Crippen LogP contribution in [0.2, 0.25) is 0 Å². The van der Waals surface area contributed by atoms with Gasteiger partial charge in [-0.25, -0.2) is 0 Å². The van der Waals surface area contributed by atoms with Gasteiger partial charge in [-0.3, -0.25) is 4.79 Å². The van der Waals surface area contributed by atoms with E-state index in [1.807, 2.05) is 24.3 Å². The molecule has 1 aliphatic carbocycles. The molecule has 1 amide bonds. The third kappa shape index (κ3) is 3.56. The van der Waals surface area contributed by atoms with E-state index in [2.05, 4.69) is 21.2 Å². The lowest BCUT2D eigenvalue weighted by Crippen LogP contribution is -2.28. The number of hydrogen-bond acceptors (Lipinski definition) is 2. The Labute approximate surface area is 116 Å². The van der Waals surface area contributed by atoms with Gasteiger partial charge in [-0.1, -0.05) is 15.9 Å². The number of rotatable bonds is 3. The maximum absolute atomic E-state index is 12.1. The predicted molar refractivity (Wildman–Crippen MR) is 75.3 cm³/mol. The molecular weight excluding hydrogens is 294 g/mol. The Morgan fingerprint density at radius 2 is 1.83 bits per heavy atom. The van der Waals surface area contributed by atoms with Gasteiger partial charge in [0.05, 0.1) is 0 Å². The summed E-state index contributed by atoms with van der Waals surface area (Å²) in [5.41, 5.74) is 0.840. The molecule has 1 saturated carbocycles. The lowest BCUT2D eigenvalue weighted by Gasteiger charge is -2.26. The van der Waals surface area contributed by atoms with Gasteiger partial charge in [0.1, 0.15) is 0 Å². The topological polar surface area (TPSA) is 49.3 Å². The third-order valence-corrected chi connectivity index (χ3v) is 4.12. The van der Waals surface area contributed by atoms with Crippen LogP contribution in [0.5, 0.6) is 0 Å². The van der Waals surface area contributed by atoms with Crippen molar-refractivity contribution in [3.8, 4) is 0 Å². The fourth-order valence-electron chi connectivity index (χ4n) is 2.38.